The molecule has 6 heteroatoms. The van der Waals surface area contributed by atoms with Crippen molar-refractivity contribution in [3.63, 3.8) is 0 Å². The summed E-state index contributed by atoms with van der Waals surface area (Å²) < 4.78 is 14.3. The number of likely N-dealkylation sites (N-methyl/N-ethyl adjacent to an activating group) is 1. The molecule has 0 spiro atoms. The number of amides is 2. The first-order valence-electron chi connectivity index (χ1n) is 4.90. The van der Waals surface area contributed by atoms with Crippen LogP contribution in [0.5, 0.6) is 0 Å². The molecule has 0 atom stereocenters. The Labute approximate surface area is 107 Å². The third kappa shape index (κ3) is 3.26. The molecular formula is C11H12BrFN2O2. The van der Waals surface area contributed by atoms with Crippen LogP contribution in [0.25, 0.3) is 0 Å². The number of halogens is 2. The quantitative estimate of drug-likeness (QED) is 0.886. The first kappa shape index (κ1) is 13.6. The molecule has 0 radical (unpaired) electrons. The van der Waals surface area contributed by atoms with E-state index < -0.39 is 11.7 Å². The van der Waals surface area contributed by atoms with Crippen molar-refractivity contribution in [3.8, 4) is 0 Å². The average Bonchev–Trinajstić information content (AvgIpc) is 2.32. The van der Waals surface area contributed by atoms with Gasteiger partial charge in [-0.05, 0) is 24.6 Å². The molecule has 1 aromatic carbocycles. The van der Waals surface area contributed by atoms with Crippen LogP contribution < -0.4 is 10.6 Å². The molecule has 0 fully saturated rings. The van der Waals surface area contributed by atoms with Crippen molar-refractivity contribution in [3.05, 3.63) is 33.5 Å². The lowest BCUT2D eigenvalue weighted by molar-refractivity contribution is -0.119. The maximum Gasteiger partial charge on any atom is 0.254 e. The zero-order valence-electron chi connectivity index (χ0n) is 9.43. The van der Waals surface area contributed by atoms with Gasteiger partial charge in [0, 0.05) is 11.5 Å². The Morgan fingerprint density at radius 3 is 2.65 bits per heavy atom. The summed E-state index contributed by atoms with van der Waals surface area (Å²) in [7, 11) is 1.46. The number of hydrogen-bond donors (Lipinski definition) is 2. The molecule has 0 saturated carbocycles. The van der Waals surface area contributed by atoms with Gasteiger partial charge >= 0.3 is 0 Å². The number of hydrogen-bond acceptors (Lipinski definition) is 2. The summed E-state index contributed by atoms with van der Waals surface area (Å²) in [6, 6.07) is 2.96. The van der Waals surface area contributed by atoms with Crippen LogP contribution in [0.3, 0.4) is 0 Å². The summed E-state index contributed by atoms with van der Waals surface area (Å²) in [5, 5.41) is 4.68. The highest BCUT2D eigenvalue weighted by atomic mass is 79.9. The van der Waals surface area contributed by atoms with Crippen molar-refractivity contribution in [2.24, 2.45) is 0 Å². The van der Waals surface area contributed by atoms with E-state index in [9.17, 15) is 14.0 Å². The van der Waals surface area contributed by atoms with E-state index in [0.717, 1.165) is 0 Å². The Kier molecular flexibility index (Phi) is 4.62. The van der Waals surface area contributed by atoms with Gasteiger partial charge in [-0.1, -0.05) is 15.9 Å². The first-order valence-corrected chi connectivity index (χ1v) is 5.70. The van der Waals surface area contributed by atoms with Gasteiger partial charge in [0.15, 0.2) is 0 Å². The Morgan fingerprint density at radius 1 is 1.41 bits per heavy atom. The van der Waals surface area contributed by atoms with Crippen molar-refractivity contribution in [1.29, 1.82) is 0 Å². The van der Waals surface area contributed by atoms with Gasteiger partial charge in [-0.15, -0.1) is 0 Å². The molecule has 0 aromatic heterocycles. The van der Waals surface area contributed by atoms with E-state index in [-0.39, 0.29) is 18.0 Å². The monoisotopic (exact) mass is 302 g/mol. The molecule has 17 heavy (non-hydrogen) atoms. The molecule has 1 aromatic rings. The smallest absolute Gasteiger partial charge is 0.254 e. The van der Waals surface area contributed by atoms with E-state index in [1.165, 1.54) is 13.1 Å². The molecule has 1 rings (SSSR count). The number of nitrogens with one attached hydrogen (secondary N) is 2. The lowest BCUT2D eigenvalue weighted by Crippen LogP contribution is -2.35. The lowest BCUT2D eigenvalue weighted by Gasteiger charge is -2.08. The van der Waals surface area contributed by atoms with E-state index in [0.29, 0.717) is 10.0 Å². The Bertz CT molecular complexity index is 463. The highest BCUT2D eigenvalue weighted by Gasteiger charge is 2.15. The van der Waals surface area contributed by atoms with Gasteiger partial charge in [0.05, 0.1) is 12.1 Å². The molecule has 0 aliphatic heterocycles. The second kappa shape index (κ2) is 5.77. The topological polar surface area (TPSA) is 58.2 Å². The van der Waals surface area contributed by atoms with Crippen LogP contribution >= 0.6 is 15.9 Å². The molecule has 2 amide bonds. The fourth-order valence-corrected chi connectivity index (χ4v) is 1.49. The minimum Gasteiger partial charge on any atom is -0.358 e. The maximum absolute atomic E-state index is 13.7. The molecule has 0 aliphatic rings. The fourth-order valence-electron chi connectivity index (χ4n) is 1.18. The summed E-state index contributed by atoms with van der Waals surface area (Å²) >= 11 is 3.17. The molecule has 0 heterocycles. The second-order valence-electron chi connectivity index (χ2n) is 3.39. The largest absolute Gasteiger partial charge is 0.358 e. The molecule has 4 nitrogen and oxygen atoms in total. The minimum atomic E-state index is -0.610. The summed E-state index contributed by atoms with van der Waals surface area (Å²) in [5.41, 5.74) is 0.284. The molecule has 0 unspecified atom stereocenters. The van der Waals surface area contributed by atoms with Crippen LogP contribution in [0.15, 0.2) is 16.6 Å². The van der Waals surface area contributed by atoms with Crippen molar-refractivity contribution in [1.82, 2.24) is 10.6 Å². The van der Waals surface area contributed by atoms with Crippen LogP contribution in [-0.2, 0) is 4.79 Å². The average molecular weight is 303 g/mol. The van der Waals surface area contributed by atoms with Crippen molar-refractivity contribution >= 4 is 27.7 Å². The summed E-state index contributed by atoms with van der Waals surface area (Å²) in [5.74, 6) is -1.54. The molecule has 0 bridgehead atoms. The zero-order valence-corrected chi connectivity index (χ0v) is 11.0. The second-order valence-corrected chi connectivity index (χ2v) is 4.24. The van der Waals surface area contributed by atoms with Crippen molar-refractivity contribution in [2.75, 3.05) is 13.6 Å². The summed E-state index contributed by atoms with van der Waals surface area (Å²) in [6.45, 7) is 1.39. The summed E-state index contributed by atoms with van der Waals surface area (Å²) in [4.78, 5) is 22.5. The predicted octanol–water partition coefficient (Wildman–Crippen LogP) is 1.37. The van der Waals surface area contributed by atoms with Gasteiger partial charge in [0.2, 0.25) is 5.91 Å². The van der Waals surface area contributed by atoms with E-state index in [1.54, 1.807) is 13.0 Å². The van der Waals surface area contributed by atoms with Crippen molar-refractivity contribution < 1.29 is 14.0 Å². The standard InChI is InChI=1S/C11H12BrFN2O2/c1-6-8(12)4-3-7(10(6)13)11(17)15-5-9(16)14-2/h3-4H,5H2,1-2H3,(H,14,16)(H,15,17). The van der Waals surface area contributed by atoms with Crippen LogP contribution in [0, 0.1) is 12.7 Å². The number of benzene rings is 1. The van der Waals surface area contributed by atoms with Gasteiger partial charge in [0.25, 0.3) is 5.91 Å². The molecule has 92 valence electrons. The van der Waals surface area contributed by atoms with E-state index in [4.69, 9.17) is 0 Å². The fraction of sp³-hybridized carbons (Fsp3) is 0.273. The minimum absolute atomic E-state index is 0.0744. The normalized spacial score (nSPS) is 9.88. The highest BCUT2D eigenvalue weighted by Crippen LogP contribution is 2.21. The van der Waals surface area contributed by atoms with Gasteiger partial charge in [-0.25, -0.2) is 4.39 Å². The van der Waals surface area contributed by atoms with Gasteiger partial charge in [-0.2, -0.15) is 0 Å². The Morgan fingerprint density at radius 2 is 2.06 bits per heavy atom. The van der Waals surface area contributed by atoms with Crippen molar-refractivity contribution in [2.45, 2.75) is 6.92 Å². The van der Waals surface area contributed by atoms with Gasteiger partial charge in [-0.3, -0.25) is 9.59 Å². The van der Waals surface area contributed by atoms with Crippen LogP contribution in [0.4, 0.5) is 4.39 Å². The van der Waals surface area contributed by atoms with E-state index >= 15 is 0 Å². The van der Waals surface area contributed by atoms with Gasteiger partial charge < -0.3 is 10.6 Å². The number of carbonyl (C=O) groups is 2. The maximum atomic E-state index is 13.7. The molecule has 0 saturated heterocycles. The van der Waals surface area contributed by atoms with Crippen LogP contribution in [-0.4, -0.2) is 25.4 Å². The third-order valence-corrected chi connectivity index (χ3v) is 3.11. The van der Waals surface area contributed by atoms with Gasteiger partial charge in [0.1, 0.15) is 5.82 Å². The Balaban J connectivity index is 2.83. The first-order chi connectivity index (χ1) is 7.97. The highest BCUT2D eigenvalue weighted by molar-refractivity contribution is 9.10. The molecule has 0 aliphatic carbocycles. The number of rotatable bonds is 3. The molecular weight excluding hydrogens is 291 g/mol. The van der Waals surface area contributed by atoms with E-state index in [2.05, 4.69) is 26.6 Å². The Hall–Kier alpha value is -1.43. The SMILES string of the molecule is CNC(=O)CNC(=O)c1ccc(Br)c(C)c1F. The number of carbonyl (C=O) groups excluding carboxylic acids is 2. The predicted molar refractivity (Wildman–Crippen MR) is 65.2 cm³/mol. The summed E-state index contributed by atoms with van der Waals surface area (Å²) in [6.07, 6.45) is 0. The lowest BCUT2D eigenvalue weighted by atomic mass is 10.1. The third-order valence-electron chi connectivity index (χ3n) is 2.25. The zero-order chi connectivity index (χ0) is 13.0. The van der Waals surface area contributed by atoms with E-state index in [1.807, 2.05) is 0 Å². The van der Waals surface area contributed by atoms with Crippen LogP contribution in [0.1, 0.15) is 15.9 Å². The molecule has 2 N–H and O–H groups in total. The van der Waals surface area contributed by atoms with Crippen LogP contribution in [0.2, 0.25) is 0 Å².